The number of anilines is 1. The van der Waals surface area contributed by atoms with Gasteiger partial charge >= 0.3 is 0 Å². The van der Waals surface area contributed by atoms with Gasteiger partial charge < -0.3 is 19.7 Å². The van der Waals surface area contributed by atoms with Gasteiger partial charge in [0, 0.05) is 30.3 Å². The molecule has 202 valence electrons. The highest BCUT2D eigenvalue weighted by atomic mass is 32.2. The summed E-state index contributed by atoms with van der Waals surface area (Å²) in [5, 5.41) is 19.2. The maximum Gasteiger partial charge on any atom is 0.261 e. The molecule has 0 aliphatic carbocycles. The molecule has 0 saturated carbocycles. The number of hydrogen-bond acceptors (Lipinski definition) is 7. The van der Waals surface area contributed by atoms with E-state index in [1.54, 1.807) is 48.5 Å². The highest BCUT2D eigenvalue weighted by molar-refractivity contribution is 7.92. The van der Waals surface area contributed by atoms with Gasteiger partial charge in [-0.1, -0.05) is 54.6 Å². The Morgan fingerprint density at radius 2 is 1.71 bits per heavy atom. The van der Waals surface area contributed by atoms with Crippen molar-refractivity contribution in [1.29, 1.82) is 0 Å². The topological polar surface area (TPSA) is 108 Å². The summed E-state index contributed by atoms with van der Waals surface area (Å²) in [6, 6.07) is 23.2. The molecule has 5 rings (SSSR count). The lowest BCUT2D eigenvalue weighted by atomic mass is 9.99. The molecule has 2 saturated heterocycles. The number of nitrogens with zero attached hydrogens (tertiary/aromatic N) is 1. The summed E-state index contributed by atoms with van der Waals surface area (Å²) in [6.45, 7) is 1.70. The fraction of sp³-hybridized carbons (Fsp3) is 0.379. The molecule has 0 bridgehead atoms. The maximum atomic E-state index is 12.9. The van der Waals surface area contributed by atoms with Crippen molar-refractivity contribution >= 4 is 15.7 Å². The van der Waals surface area contributed by atoms with Crippen LogP contribution >= 0.6 is 0 Å². The number of aliphatic hydroxyl groups is 2. The smallest absolute Gasteiger partial charge is 0.261 e. The fourth-order valence-corrected chi connectivity index (χ4v) is 6.27. The van der Waals surface area contributed by atoms with Crippen LogP contribution in [0.15, 0.2) is 83.8 Å². The molecule has 9 heteroatoms. The van der Waals surface area contributed by atoms with Crippen molar-refractivity contribution in [2.75, 3.05) is 24.4 Å². The van der Waals surface area contributed by atoms with E-state index in [1.165, 1.54) is 0 Å². The van der Waals surface area contributed by atoms with Crippen LogP contribution in [0.5, 0.6) is 0 Å². The summed E-state index contributed by atoms with van der Waals surface area (Å²) in [6.07, 6.45) is 1.57. The molecule has 8 nitrogen and oxygen atoms in total. The number of rotatable bonds is 9. The van der Waals surface area contributed by atoms with E-state index in [0.717, 1.165) is 30.5 Å². The Bertz CT molecular complexity index is 1300. The Balaban J connectivity index is 1.38. The second-order valence-electron chi connectivity index (χ2n) is 9.87. The summed E-state index contributed by atoms with van der Waals surface area (Å²) in [5.74, 6) is 0. The van der Waals surface area contributed by atoms with Gasteiger partial charge in [0.15, 0.2) is 6.29 Å². The summed E-state index contributed by atoms with van der Waals surface area (Å²) in [5.41, 5.74) is 2.95. The van der Waals surface area contributed by atoms with Crippen LogP contribution in [0.4, 0.5) is 5.69 Å². The van der Waals surface area contributed by atoms with Crippen LogP contribution in [0.1, 0.15) is 48.3 Å². The molecule has 2 heterocycles. The first-order valence-electron chi connectivity index (χ1n) is 13.0. The number of nitrogens with one attached hydrogen (secondary N) is 1. The molecule has 3 aromatic rings. The third-order valence-corrected chi connectivity index (χ3v) is 8.62. The molecule has 0 radical (unpaired) electrons. The van der Waals surface area contributed by atoms with Gasteiger partial charge in [0.1, 0.15) is 0 Å². The van der Waals surface area contributed by atoms with Crippen molar-refractivity contribution < 1.29 is 28.1 Å². The Labute approximate surface area is 223 Å². The van der Waals surface area contributed by atoms with E-state index in [0.29, 0.717) is 24.2 Å². The Morgan fingerprint density at radius 1 is 0.921 bits per heavy atom. The first-order valence-corrected chi connectivity index (χ1v) is 14.5. The minimum atomic E-state index is -3.74. The summed E-state index contributed by atoms with van der Waals surface area (Å²) >= 11 is 0. The number of aliphatic hydroxyl groups excluding tert-OH is 2. The monoisotopic (exact) mass is 538 g/mol. The standard InChI is InChI=1S/C29H34N2O6S/c32-19-21-11-13-22(14-12-21)28-17-26(18-31-15-5-8-25(31)20-33)36-29(37-28)23-6-4-7-24(16-23)30-38(34,35)27-9-2-1-3-10-27/h1-4,6-7,9-14,16,25-26,28-30,32-33H,5,8,15,17-20H2. The van der Waals surface area contributed by atoms with Crippen LogP contribution in [0.2, 0.25) is 0 Å². The highest BCUT2D eigenvalue weighted by Crippen LogP contribution is 2.39. The molecule has 0 amide bonds. The number of ether oxygens (including phenoxy) is 2. The molecular weight excluding hydrogens is 504 g/mol. The normalized spacial score (nSPS) is 24.4. The molecule has 0 spiro atoms. The van der Waals surface area contributed by atoms with Gasteiger partial charge in [-0.15, -0.1) is 0 Å². The van der Waals surface area contributed by atoms with Gasteiger partial charge in [0.25, 0.3) is 10.0 Å². The summed E-state index contributed by atoms with van der Waals surface area (Å²) < 4.78 is 41.2. The molecule has 4 unspecified atom stereocenters. The van der Waals surface area contributed by atoms with Crippen LogP contribution in [0.25, 0.3) is 0 Å². The van der Waals surface area contributed by atoms with E-state index in [4.69, 9.17) is 9.47 Å². The van der Waals surface area contributed by atoms with Crippen LogP contribution < -0.4 is 4.72 Å². The molecule has 0 aromatic heterocycles. The first kappa shape index (κ1) is 26.8. The molecular formula is C29H34N2O6S. The molecule has 3 aromatic carbocycles. The van der Waals surface area contributed by atoms with Gasteiger partial charge in [-0.05, 0) is 54.8 Å². The van der Waals surface area contributed by atoms with Gasteiger partial charge in [-0.3, -0.25) is 9.62 Å². The van der Waals surface area contributed by atoms with Crippen LogP contribution in [-0.2, 0) is 26.1 Å². The van der Waals surface area contributed by atoms with Gasteiger partial charge in [-0.2, -0.15) is 0 Å². The van der Waals surface area contributed by atoms with Gasteiger partial charge in [0.05, 0.1) is 30.3 Å². The van der Waals surface area contributed by atoms with E-state index in [1.807, 2.05) is 30.3 Å². The lowest BCUT2D eigenvalue weighted by molar-refractivity contribution is -0.253. The van der Waals surface area contributed by atoms with E-state index < -0.39 is 16.3 Å². The number of sulfonamides is 1. The zero-order valence-electron chi connectivity index (χ0n) is 21.1. The van der Waals surface area contributed by atoms with Crippen molar-refractivity contribution in [1.82, 2.24) is 4.90 Å². The Hall–Kier alpha value is -2.79. The minimum absolute atomic E-state index is 0.0244. The van der Waals surface area contributed by atoms with Crippen molar-refractivity contribution in [3.8, 4) is 0 Å². The Morgan fingerprint density at radius 3 is 2.45 bits per heavy atom. The zero-order valence-corrected chi connectivity index (χ0v) is 22.0. The van der Waals surface area contributed by atoms with E-state index >= 15 is 0 Å². The summed E-state index contributed by atoms with van der Waals surface area (Å²) in [7, 11) is -3.74. The molecule has 2 aliphatic rings. The van der Waals surface area contributed by atoms with E-state index in [2.05, 4.69) is 9.62 Å². The van der Waals surface area contributed by atoms with Crippen LogP contribution in [-0.4, -0.2) is 55.4 Å². The van der Waals surface area contributed by atoms with Crippen molar-refractivity contribution in [2.24, 2.45) is 0 Å². The van der Waals surface area contributed by atoms with Gasteiger partial charge in [-0.25, -0.2) is 8.42 Å². The molecule has 3 N–H and O–H groups in total. The predicted octanol–water partition coefficient (Wildman–Crippen LogP) is 3.98. The SMILES string of the molecule is O=S(=O)(Nc1cccc(C2OC(CN3CCCC3CO)CC(c3ccc(CO)cc3)O2)c1)c1ccccc1. The average Bonchev–Trinajstić information content (AvgIpc) is 3.40. The van der Waals surface area contributed by atoms with Crippen molar-refractivity contribution in [3.63, 3.8) is 0 Å². The molecule has 4 atom stereocenters. The molecule has 2 aliphatic heterocycles. The van der Waals surface area contributed by atoms with Crippen LogP contribution in [0, 0.1) is 0 Å². The lowest BCUT2D eigenvalue weighted by Gasteiger charge is -2.38. The van der Waals surface area contributed by atoms with Gasteiger partial charge in [0.2, 0.25) is 0 Å². The molecule has 38 heavy (non-hydrogen) atoms. The maximum absolute atomic E-state index is 12.9. The second-order valence-corrected chi connectivity index (χ2v) is 11.6. The van der Waals surface area contributed by atoms with E-state index in [-0.39, 0.29) is 36.4 Å². The van der Waals surface area contributed by atoms with Crippen molar-refractivity contribution in [2.45, 2.75) is 55.3 Å². The Kier molecular flexibility index (Phi) is 8.42. The minimum Gasteiger partial charge on any atom is -0.395 e. The number of benzene rings is 3. The average molecular weight is 539 g/mol. The quantitative estimate of drug-likeness (QED) is 0.378. The predicted molar refractivity (Wildman–Crippen MR) is 144 cm³/mol. The largest absolute Gasteiger partial charge is 0.395 e. The summed E-state index contributed by atoms with van der Waals surface area (Å²) in [4.78, 5) is 2.47. The third kappa shape index (κ3) is 6.26. The lowest BCUT2D eigenvalue weighted by Crippen LogP contribution is -2.42. The first-order chi connectivity index (χ1) is 18.4. The zero-order chi connectivity index (χ0) is 26.5. The van der Waals surface area contributed by atoms with Crippen molar-refractivity contribution in [3.05, 3.63) is 95.6 Å². The van der Waals surface area contributed by atoms with Crippen LogP contribution in [0.3, 0.4) is 0 Å². The number of likely N-dealkylation sites (tertiary alicyclic amines) is 1. The van der Waals surface area contributed by atoms with E-state index in [9.17, 15) is 18.6 Å². The molecule has 2 fully saturated rings. The fourth-order valence-electron chi connectivity index (χ4n) is 5.20. The number of hydrogen-bond donors (Lipinski definition) is 3. The highest BCUT2D eigenvalue weighted by Gasteiger charge is 2.35. The second kappa shape index (κ2) is 11.9. The third-order valence-electron chi connectivity index (χ3n) is 7.23.